The number of hydrogen-bond donors (Lipinski definition) is 2. The number of carbonyl (C=O) groups is 1. The fourth-order valence-electron chi connectivity index (χ4n) is 1.35. The Labute approximate surface area is 97.5 Å². The second-order valence-electron chi connectivity index (χ2n) is 3.24. The van der Waals surface area contributed by atoms with Crippen LogP contribution >= 0.6 is 0 Å². The first-order valence-electron chi connectivity index (χ1n) is 5.66. The molecule has 16 heavy (non-hydrogen) atoms. The minimum atomic E-state index is -0.746. The number of benzene rings is 1. The molecule has 0 atom stereocenters. The van der Waals surface area contributed by atoms with Crippen LogP contribution in [0.15, 0.2) is 24.3 Å². The molecule has 0 bridgehead atoms. The number of aryl methyl sites for hydroxylation is 1. The molecule has 0 spiro atoms. The quantitative estimate of drug-likeness (QED) is 0.806. The van der Waals surface area contributed by atoms with Gasteiger partial charge in [-0.1, -0.05) is 38.1 Å². The summed E-state index contributed by atoms with van der Waals surface area (Å²) in [5.74, 6) is -0.746. The summed E-state index contributed by atoms with van der Waals surface area (Å²) in [6.07, 6.45) is 0.801. The summed E-state index contributed by atoms with van der Waals surface area (Å²) in [6.45, 7) is 4.82. The average Bonchev–Trinajstić information content (AvgIpc) is 2.30. The maximum atomic E-state index is 10.4. The molecule has 0 aliphatic heterocycles. The first-order chi connectivity index (χ1) is 7.72. The van der Waals surface area contributed by atoms with Gasteiger partial charge in [0.2, 0.25) is 0 Å². The van der Waals surface area contributed by atoms with Crippen molar-refractivity contribution in [1.82, 2.24) is 5.32 Å². The zero-order valence-corrected chi connectivity index (χ0v) is 10.3. The Balaban J connectivity index is 0.00000106. The van der Waals surface area contributed by atoms with Gasteiger partial charge in [-0.2, -0.15) is 0 Å². The SMILES string of the molecule is CC.CNCc1cccc(CCC(=O)O)c1. The average molecular weight is 223 g/mol. The van der Waals surface area contributed by atoms with E-state index in [0.29, 0.717) is 6.42 Å². The van der Waals surface area contributed by atoms with Crippen LogP contribution in [0.4, 0.5) is 0 Å². The van der Waals surface area contributed by atoms with Crippen molar-refractivity contribution in [3.8, 4) is 0 Å². The second kappa shape index (κ2) is 8.92. The molecule has 1 rings (SSSR count). The van der Waals surface area contributed by atoms with Gasteiger partial charge in [0.1, 0.15) is 0 Å². The fourth-order valence-corrected chi connectivity index (χ4v) is 1.35. The van der Waals surface area contributed by atoms with Crippen LogP contribution in [0.2, 0.25) is 0 Å². The summed E-state index contributed by atoms with van der Waals surface area (Å²) in [5, 5.41) is 11.6. The van der Waals surface area contributed by atoms with Gasteiger partial charge in [-0.15, -0.1) is 0 Å². The highest BCUT2D eigenvalue weighted by molar-refractivity contribution is 5.67. The van der Waals surface area contributed by atoms with Gasteiger partial charge in [0.15, 0.2) is 0 Å². The van der Waals surface area contributed by atoms with E-state index in [2.05, 4.69) is 5.32 Å². The molecule has 1 aromatic carbocycles. The molecule has 0 aliphatic carbocycles. The summed E-state index contributed by atoms with van der Waals surface area (Å²) >= 11 is 0. The number of nitrogens with one attached hydrogen (secondary N) is 1. The highest BCUT2D eigenvalue weighted by atomic mass is 16.4. The molecule has 2 N–H and O–H groups in total. The number of aliphatic carboxylic acids is 1. The summed E-state index contributed by atoms with van der Waals surface area (Å²) in [4.78, 5) is 10.4. The predicted octanol–water partition coefficient (Wildman–Crippen LogP) is 2.45. The van der Waals surface area contributed by atoms with Crippen LogP contribution in [0.25, 0.3) is 0 Å². The van der Waals surface area contributed by atoms with Gasteiger partial charge in [-0.25, -0.2) is 0 Å². The van der Waals surface area contributed by atoms with E-state index in [0.717, 1.165) is 12.1 Å². The Bertz CT molecular complexity index is 311. The Hall–Kier alpha value is -1.35. The van der Waals surface area contributed by atoms with Gasteiger partial charge in [0, 0.05) is 13.0 Å². The highest BCUT2D eigenvalue weighted by Gasteiger charge is 1.99. The van der Waals surface area contributed by atoms with Crippen LogP contribution in [0, 0.1) is 0 Å². The van der Waals surface area contributed by atoms with E-state index >= 15 is 0 Å². The van der Waals surface area contributed by atoms with Gasteiger partial charge >= 0.3 is 5.97 Å². The first kappa shape index (κ1) is 14.6. The smallest absolute Gasteiger partial charge is 0.303 e. The van der Waals surface area contributed by atoms with Gasteiger partial charge in [0.05, 0.1) is 0 Å². The van der Waals surface area contributed by atoms with Crippen LogP contribution in [-0.2, 0) is 17.8 Å². The topological polar surface area (TPSA) is 49.3 Å². The molecular weight excluding hydrogens is 202 g/mol. The van der Waals surface area contributed by atoms with Crippen molar-refractivity contribution in [2.45, 2.75) is 33.2 Å². The van der Waals surface area contributed by atoms with Crippen molar-refractivity contribution < 1.29 is 9.90 Å². The van der Waals surface area contributed by atoms with Crippen molar-refractivity contribution >= 4 is 5.97 Å². The molecular formula is C13H21NO2. The zero-order valence-electron chi connectivity index (χ0n) is 10.3. The lowest BCUT2D eigenvalue weighted by molar-refractivity contribution is -0.136. The van der Waals surface area contributed by atoms with E-state index < -0.39 is 5.97 Å². The van der Waals surface area contributed by atoms with Crippen molar-refractivity contribution in [3.63, 3.8) is 0 Å². The van der Waals surface area contributed by atoms with Crippen molar-refractivity contribution in [2.75, 3.05) is 7.05 Å². The molecule has 0 heterocycles. The number of hydrogen-bond acceptors (Lipinski definition) is 2. The van der Waals surface area contributed by atoms with E-state index in [1.807, 2.05) is 45.2 Å². The predicted molar refractivity (Wildman–Crippen MR) is 66.5 cm³/mol. The zero-order chi connectivity index (χ0) is 12.4. The van der Waals surface area contributed by atoms with E-state index in [-0.39, 0.29) is 6.42 Å². The fraction of sp³-hybridized carbons (Fsp3) is 0.462. The van der Waals surface area contributed by atoms with Crippen LogP contribution in [0.3, 0.4) is 0 Å². The Morgan fingerprint density at radius 2 is 1.94 bits per heavy atom. The molecule has 0 saturated heterocycles. The van der Waals surface area contributed by atoms with Gasteiger partial charge < -0.3 is 10.4 Å². The van der Waals surface area contributed by atoms with Crippen LogP contribution in [0.1, 0.15) is 31.4 Å². The molecule has 0 radical (unpaired) electrons. The molecule has 0 aromatic heterocycles. The number of carboxylic acids is 1. The van der Waals surface area contributed by atoms with Crippen molar-refractivity contribution in [3.05, 3.63) is 35.4 Å². The van der Waals surface area contributed by atoms with E-state index in [1.165, 1.54) is 5.56 Å². The normalized spacial score (nSPS) is 9.19. The largest absolute Gasteiger partial charge is 0.481 e. The van der Waals surface area contributed by atoms with E-state index in [1.54, 1.807) is 0 Å². The molecule has 1 aromatic rings. The van der Waals surface area contributed by atoms with Crippen molar-refractivity contribution in [2.24, 2.45) is 0 Å². The summed E-state index contributed by atoms with van der Waals surface area (Å²) in [5.41, 5.74) is 2.27. The van der Waals surface area contributed by atoms with Gasteiger partial charge in [-0.3, -0.25) is 4.79 Å². The van der Waals surface area contributed by atoms with Crippen LogP contribution in [-0.4, -0.2) is 18.1 Å². The van der Waals surface area contributed by atoms with Gasteiger partial charge in [-0.05, 0) is 24.6 Å². The lowest BCUT2D eigenvalue weighted by Gasteiger charge is -2.03. The summed E-state index contributed by atoms with van der Waals surface area (Å²) < 4.78 is 0. The lowest BCUT2D eigenvalue weighted by Crippen LogP contribution is -2.05. The van der Waals surface area contributed by atoms with Crippen LogP contribution in [0.5, 0.6) is 0 Å². The Kier molecular flexibility index (Phi) is 8.17. The molecule has 0 unspecified atom stereocenters. The first-order valence-corrected chi connectivity index (χ1v) is 5.66. The highest BCUT2D eigenvalue weighted by Crippen LogP contribution is 2.07. The summed E-state index contributed by atoms with van der Waals surface area (Å²) in [6, 6.07) is 7.99. The minimum absolute atomic E-state index is 0.197. The molecule has 3 nitrogen and oxygen atoms in total. The second-order valence-corrected chi connectivity index (χ2v) is 3.24. The third kappa shape index (κ3) is 6.19. The molecule has 0 amide bonds. The van der Waals surface area contributed by atoms with E-state index in [4.69, 9.17) is 5.11 Å². The van der Waals surface area contributed by atoms with Crippen molar-refractivity contribution in [1.29, 1.82) is 0 Å². The number of carboxylic acid groups (broad SMARTS) is 1. The standard InChI is InChI=1S/C11H15NO2.C2H6/c1-12-8-10-4-2-3-9(7-10)5-6-11(13)14;1-2/h2-4,7,12H,5-6,8H2,1H3,(H,13,14);1-2H3. The Morgan fingerprint density at radius 1 is 1.31 bits per heavy atom. The number of rotatable bonds is 5. The third-order valence-corrected chi connectivity index (χ3v) is 2.00. The third-order valence-electron chi connectivity index (χ3n) is 2.00. The molecule has 90 valence electrons. The lowest BCUT2D eigenvalue weighted by atomic mass is 10.1. The molecule has 3 heteroatoms. The Morgan fingerprint density at radius 3 is 2.50 bits per heavy atom. The molecule has 0 aliphatic rings. The maximum Gasteiger partial charge on any atom is 0.303 e. The monoisotopic (exact) mass is 223 g/mol. The minimum Gasteiger partial charge on any atom is -0.481 e. The van der Waals surface area contributed by atoms with Crippen LogP contribution < -0.4 is 5.32 Å². The molecule has 0 fully saturated rings. The van der Waals surface area contributed by atoms with Gasteiger partial charge in [0.25, 0.3) is 0 Å². The molecule has 0 saturated carbocycles. The van der Waals surface area contributed by atoms with E-state index in [9.17, 15) is 4.79 Å². The summed E-state index contributed by atoms with van der Waals surface area (Å²) in [7, 11) is 1.89. The maximum absolute atomic E-state index is 10.4.